The molecule has 0 radical (unpaired) electrons. The number of aryl methyl sites for hydroxylation is 1. The number of hydrogen-bond donors (Lipinski definition) is 0. The third-order valence-electron chi connectivity index (χ3n) is 6.56. The number of rotatable bonds is 4. The molecule has 0 bridgehead atoms. The van der Waals surface area contributed by atoms with Gasteiger partial charge in [-0.1, -0.05) is 29.8 Å². The quantitative estimate of drug-likeness (QED) is 0.825. The van der Waals surface area contributed by atoms with Crippen molar-refractivity contribution in [3.05, 3.63) is 35.4 Å². The fourth-order valence-electron chi connectivity index (χ4n) is 4.88. The molecule has 0 aliphatic carbocycles. The number of nitrogens with zero attached hydrogens (tertiary/aromatic N) is 3. The van der Waals surface area contributed by atoms with E-state index < -0.39 is 0 Å². The molecule has 3 aliphatic rings. The average molecular weight is 358 g/mol. The molecule has 3 saturated heterocycles. The molecule has 4 heteroatoms. The van der Waals surface area contributed by atoms with Crippen LogP contribution in [0.1, 0.15) is 36.8 Å². The predicted molar refractivity (Wildman–Crippen MR) is 106 cm³/mol. The van der Waals surface area contributed by atoms with Gasteiger partial charge in [0.25, 0.3) is 0 Å². The first kappa shape index (κ1) is 18.4. The normalized spacial score (nSPS) is 31.7. The molecule has 0 saturated carbocycles. The van der Waals surface area contributed by atoms with Gasteiger partial charge in [-0.15, -0.1) is 0 Å². The maximum atomic E-state index is 6.75. The van der Waals surface area contributed by atoms with Crippen LogP contribution in [0, 0.1) is 6.92 Å². The highest BCUT2D eigenvalue weighted by atomic mass is 16.5. The summed E-state index contributed by atoms with van der Waals surface area (Å²) in [4.78, 5) is 7.64. The molecule has 4 nitrogen and oxygen atoms in total. The van der Waals surface area contributed by atoms with Crippen LogP contribution in [0.5, 0.6) is 0 Å². The first-order chi connectivity index (χ1) is 12.6. The highest BCUT2D eigenvalue weighted by Gasteiger charge is 2.43. The summed E-state index contributed by atoms with van der Waals surface area (Å²) in [7, 11) is 2.23. The summed E-state index contributed by atoms with van der Waals surface area (Å²) < 4.78 is 6.75. The second kappa shape index (κ2) is 7.97. The molecule has 2 atom stereocenters. The lowest BCUT2D eigenvalue weighted by Gasteiger charge is -2.42. The van der Waals surface area contributed by atoms with E-state index in [1.165, 1.54) is 69.5 Å². The van der Waals surface area contributed by atoms with E-state index in [9.17, 15) is 0 Å². The standard InChI is InChI=1S/C22H35N3O/c1-19-5-7-20(8-6-19)16-25-11-10-22(18-25)9-3-4-21(26-22)17-24-14-12-23(2)13-15-24/h5-8,21H,3-4,9-18H2,1-2H3/t21-,22-/m0/s1. The van der Waals surface area contributed by atoms with Crippen molar-refractivity contribution in [2.75, 3.05) is 52.9 Å². The SMILES string of the molecule is Cc1ccc(CN2CC[C@@]3(CCC[C@@H](CN4CCN(C)CC4)O3)C2)cc1. The zero-order valence-corrected chi connectivity index (χ0v) is 16.6. The molecule has 26 heavy (non-hydrogen) atoms. The van der Waals surface area contributed by atoms with Crippen molar-refractivity contribution in [3.63, 3.8) is 0 Å². The van der Waals surface area contributed by atoms with Gasteiger partial charge in [0.05, 0.1) is 11.7 Å². The Balaban J connectivity index is 1.30. The Morgan fingerprint density at radius 1 is 1.00 bits per heavy atom. The van der Waals surface area contributed by atoms with Crippen molar-refractivity contribution in [1.82, 2.24) is 14.7 Å². The minimum atomic E-state index is 0.125. The Morgan fingerprint density at radius 3 is 2.54 bits per heavy atom. The highest BCUT2D eigenvalue weighted by molar-refractivity contribution is 5.21. The summed E-state index contributed by atoms with van der Waals surface area (Å²) in [5.74, 6) is 0. The van der Waals surface area contributed by atoms with E-state index in [1.807, 2.05) is 0 Å². The lowest BCUT2D eigenvalue weighted by Crippen LogP contribution is -2.51. The van der Waals surface area contributed by atoms with Gasteiger partial charge in [-0.25, -0.2) is 0 Å². The fourth-order valence-corrected chi connectivity index (χ4v) is 4.88. The number of hydrogen-bond acceptors (Lipinski definition) is 4. The Labute approximate surface area is 159 Å². The molecular formula is C22H35N3O. The number of ether oxygens (including phenoxy) is 1. The first-order valence-electron chi connectivity index (χ1n) is 10.5. The zero-order chi connectivity index (χ0) is 18.0. The second-order valence-electron chi connectivity index (χ2n) is 8.87. The largest absolute Gasteiger partial charge is 0.369 e. The van der Waals surface area contributed by atoms with E-state index in [1.54, 1.807) is 0 Å². The van der Waals surface area contributed by atoms with Crippen LogP contribution in [0.15, 0.2) is 24.3 Å². The molecule has 1 aromatic carbocycles. The van der Waals surface area contributed by atoms with Gasteiger partial charge >= 0.3 is 0 Å². The Bertz CT molecular complexity index is 582. The summed E-state index contributed by atoms with van der Waals surface area (Å²) in [5, 5.41) is 0. The molecular weight excluding hydrogens is 322 g/mol. The first-order valence-corrected chi connectivity index (χ1v) is 10.5. The average Bonchev–Trinajstić information content (AvgIpc) is 3.01. The number of likely N-dealkylation sites (N-methyl/N-ethyl adjacent to an activating group) is 1. The molecule has 0 aromatic heterocycles. The van der Waals surface area contributed by atoms with Gasteiger partial charge in [-0.05, 0) is 45.2 Å². The van der Waals surface area contributed by atoms with E-state index in [2.05, 4.69) is 52.9 Å². The Hall–Kier alpha value is -0.940. The Morgan fingerprint density at radius 2 is 1.77 bits per heavy atom. The van der Waals surface area contributed by atoms with Gasteiger partial charge in [-0.2, -0.15) is 0 Å². The molecule has 4 rings (SSSR count). The monoisotopic (exact) mass is 357 g/mol. The molecule has 0 N–H and O–H groups in total. The van der Waals surface area contributed by atoms with Crippen LogP contribution in [0.3, 0.4) is 0 Å². The summed E-state index contributed by atoms with van der Waals surface area (Å²) in [6, 6.07) is 9.01. The summed E-state index contributed by atoms with van der Waals surface area (Å²) in [5.41, 5.74) is 2.90. The minimum absolute atomic E-state index is 0.125. The molecule has 3 aliphatic heterocycles. The molecule has 1 spiro atoms. The van der Waals surface area contributed by atoms with Crippen molar-refractivity contribution >= 4 is 0 Å². The molecule has 144 valence electrons. The fraction of sp³-hybridized carbons (Fsp3) is 0.727. The van der Waals surface area contributed by atoms with E-state index in [-0.39, 0.29) is 5.60 Å². The van der Waals surface area contributed by atoms with Crippen LogP contribution in [-0.4, -0.2) is 79.3 Å². The maximum Gasteiger partial charge on any atom is 0.0825 e. The van der Waals surface area contributed by atoms with E-state index >= 15 is 0 Å². The molecule has 3 fully saturated rings. The third-order valence-corrected chi connectivity index (χ3v) is 6.56. The smallest absolute Gasteiger partial charge is 0.0825 e. The lowest BCUT2D eigenvalue weighted by molar-refractivity contribution is -0.130. The second-order valence-corrected chi connectivity index (χ2v) is 8.87. The van der Waals surface area contributed by atoms with Gasteiger partial charge < -0.3 is 9.64 Å². The summed E-state index contributed by atoms with van der Waals surface area (Å²) in [6.45, 7) is 11.4. The van der Waals surface area contributed by atoms with Gasteiger partial charge in [0.2, 0.25) is 0 Å². The van der Waals surface area contributed by atoms with Gasteiger partial charge in [-0.3, -0.25) is 9.80 Å². The molecule has 1 aromatic rings. The van der Waals surface area contributed by atoms with Crippen LogP contribution in [-0.2, 0) is 11.3 Å². The van der Waals surface area contributed by atoms with E-state index in [0.717, 1.165) is 19.6 Å². The van der Waals surface area contributed by atoms with Crippen molar-refractivity contribution < 1.29 is 4.74 Å². The van der Waals surface area contributed by atoms with Crippen LogP contribution in [0.2, 0.25) is 0 Å². The van der Waals surface area contributed by atoms with Crippen LogP contribution in [0.4, 0.5) is 0 Å². The Kier molecular flexibility index (Phi) is 5.65. The van der Waals surface area contributed by atoms with E-state index in [4.69, 9.17) is 4.74 Å². The molecule has 0 amide bonds. The predicted octanol–water partition coefficient (Wildman–Crippen LogP) is 2.76. The number of likely N-dealkylation sites (tertiary alicyclic amines) is 1. The van der Waals surface area contributed by atoms with Crippen molar-refractivity contribution in [3.8, 4) is 0 Å². The minimum Gasteiger partial charge on any atom is -0.369 e. The van der Waals surface area contributed by atoms with Gasteiger partial charge in [0, 0.05) is 52.4 Å². The van der Waals surface area contributed by atoms with Gasteiger partial charge in [0.15, 0.2) is 0 Å². The maximum absolute atomic E-state index is 6.75. The zero-order valence-electron chi connectivity index (χ0n) is 16.6. The van der Waals surface area contributed by atoms with Crippen LogP contribution < -0.4 is 0 Å². The van der Waals surface area contributed by atoms with Crippen molar-refractivity contribution in [2.24, 2.45) is 0 Å². The number of benzene rings is 1. The lowest BCUT2D eigenvalue weighted by atomic mass is 9.90. The summed E-state index contributed by atoms with van der Waals surface area (Å²) in [6.07, 6.45) is 5.46. The number of piperazine rings is 1. The van der Waals surface area contributed by atoms with Crippen LogP contribution in [0.25, 0.3) is 0 Å². The van der Waals surface area contributed by atoms with Crippen molar-refractivity contribution in [2.45, 2.75) is 50.9 Å². The summed E-state index contributed by atoms with van der Waals surface area (Å²) >= 11 is 0. The highest BCUT2D eigenvalue weighted by Crippen LogP contribution is 2.37. The van der Waals surface area contributed by atoms with E-state index in [0.29, 0.717) is 6.10 Å². The molecule has 0 unspecified atom stereocenters. The topological polar surface area (TPSA) is 19.0 Å². The molecule has 3 heterocycles. The third kappa shape index (κ3) is 4.48. The van der Waals surface area contributed by atoms with Crippen molar-refractivity contribution in [1.29, 1.82) is 0 Å². The van der Waals surface area contributed by atoms with Crippen LogP contribution >= 0.6 is 0 Å². The van der Waals surface area contributed by atoms with Gasteiger partial charge in [0.1, 0.15) is 0 Å².